The first-order valence-corrected chi connectivity index (χ1v) is 12.2. The molecule has 6 heteroatoms. The lowest BCUT2D eigenvalue weighted by atomic mass is 9.95. The standard InChI is InChI=1S/C22H36N4OS/c1-3-28(27)21-13-7-11-19(15-21)25-22(23-2)24-16-20-12-8-14-26(20)17-18-9-5-4-6-10-18/h4-6,9-10,19-21H,3,7-8,11-17H2,1-2H3,(H2,23,24,25). The van der Waals surface area contributed by atoms with Gasteiger partial charge in [0.05, 0.1) is 0 Å². The van der Waals surface area contributed by atoms with Crippen molar-refractivity contribution in [2.24, 2.45) is 4.99 Å². The predicted molar refractivity (Wildman–Crippen MR) is 119 cm³/mol. The molecule has 1 saturated heterocycles. The largest absolute Gasteiger partial charge is 0.355 e. The highest BCUT2D eigenvalue weighted by Crippen LogP contribution is 2.23. The van der Waals surface area contributed by atoms with Crippen LogP contribution in [0.3, 0.4) is 0 Å². The summed E-state index contributed by atoms with van der Waals surface area (Å²) in [5.41, 5.74) is 1.38. The Kier molecular flexibility index (Phi) is 8.34. The molecule has 0 radical (unpaired) electrons. The van der Waals surface area contributed by atoms with Crippen molar-refractivity contribution in [2.45, 2.75) is 69.3 Å². The van der Waals surface area contributed by atoms with Crippen molar-refractivity contribution < 1.29 is 4.21 Å². The normalized spacial score (nSPS) is 27.5. The summed E-state index contributed by atoms with van der Waals surface area (Å²) in [6.45, 7) is 5.13. The van der Waals surface area contributed by atoms with Gasteiger partial charge in [-0.05, 0) is 44.2 Å². The highest BCUT2D eigenvalue weighted by Gasteiger charge is 2.27. The second-order valence-electron chi connectivity index (χ2n) is 8.00. The zero-order valence-corrected chi connectivity index (χ0v) is 18.2. The molecule has 4 unspecified atom stereocenters. The highest BCUT2D eigenvalue weighted by atomic mass is 32.2. The monoisotopic (exact) mass is 404 g/mol. The van der Waals surface area contributed by atoms with Crippen LogP contribution in [0.25, 0.3) is 0 Å². The predicted octanol–water partition coefficient (Wildman–Crippen LogP) is 2.90. The third-order valence-electron chi connectivity index (χ3n) is 6.08. The molecule has 1 aliphatic carbocycles. The lowest BCUT2D eigenvalue weighted by Crippen LogP contribution is -2.49. The Morgan fingerprint density at radius 1 is 1.21 bits per heavy atom. The van der Waals surface area contributed by atoms with E-state index in [0.717, 1.165) is 50.5 Å². The van der Waals surface area contributed by atoms with E-state index in [-0.39, 0.29) is 0 Å². The Morgan fingerprint density at radius 2 is 2.04 bits per heavy atom. The van der Waals surface area contributed by atoms with Crippen LogP contribution in [0.2, 0.25) is 0 Å². The van der Waals surface area contributed by atoms with Gasteiger partial charge in [0.25, 0.3) is 0 Å². The lowest BCUT2D eigenvalue weighted by molar-refractivity contribution is 0.245. The van der Waals surface area contributed by atoms with E-state index in [1.165, 1.54) is 24.9 Å². The minimum atomic E-state index is -0.688. The summed E-state index contributed by atoms with van der Waals surface area (Å²) in [6, 6.07) is 11.7. The summed E-state index contributed by atoms with van der Waals surface area (Å²) in [5.74, 6) is 1.66. The van der Waals surface area contributed by atoms with Gasteiger partial charge in [-0.15, -0.1) is 0 Å². The number of guanidine groups is 1. The first-order valence-electron chi connectivity index (χ1n) is 10.8. The molecule has 1 aliphatic heterocycles. The molecule has 3 rings (SSSR count). The van der Waals surface area contributed by atoms with Crippen LogP contribution >= 0.6 is 0 Å². The second kappa shape index (κ2) is 11.0. The van der Waals surface area contributed by atoms with Gasteiger partial charge in [0.15, 0.2) is 5.96 Å². The fourth-order valence-corrected chi connectivity index (χ4v) is 5.85. The van der Waals surface area contributed by atoms with Crippen molar-refractivity contribution in [3.05, 3.63) is 35.9 Å². The molecular formula is C22H36N4OS. The highest BCUT2D eigenvalue weighted by molar-refractivity contribution is 7.85. The summed E-state index contributed by atoms with van der Waals surface area (Å²) in [4.78, 5) is 7.02. The van der Waals surface area contributed by atoms with Crippen molar-refractivity contribution in [1.82, 2.24) is 15.5 Å². The van der Waals surface area contributed by atoms with E-state index in [9.17, 15) is 4.21 Å². The number of rotatable bonds is 7. The average Bonchev–Trinajstić information content (AvgIpc) is 3.18. The lowest BCUT2D eigenvalue weighted by Gasteiger charge is -2.31. The minimum absolute atomic E-state index is 0.338. The zero-order valence-electron chi connectivity index (χ0n) is 17.4. The molecule has 1 aromatic rings. The number of hydrogen-bond donors (Lipinski definition) is 2. The quantitative estimate of drug-likeness (QED) is 0.542. The van der Waals surface area contributed by atoms with Crippen LogP contribution in [0.1, 0.15) is 51.0 Å². The molecule has 4 atom stereocenters. The summed E-state index contributed by atoms with van der Waals surface area (Å²) in [5, 5.41) is 7.48. The van der Waals surface area contributed by atoms with Crippen LogP contribution in [0.5, 0.6) is 0 Å². The van der Waals surface area contributed by atoms with Crippen molar-refractivity contribution in [1.29, 1.82) is 0 Å². The number of benzene rings is 1. The third-order valence-corrected chi connectivity index (χ3v) is 7.82. The molecule has 2 fully saturated rings. The Morgan fingerprint density at radius 3 is 2.79 bits per heavy atom. The molecule has 2 aliphatic rings. The number of nitrogens with zero attached hydrogens (tertiary/aromatic N) is 2. The van der Waals surface area contributed by atoms with Crippen LogP contribution in [-0.4, -0.2) is 58.3 Å². The summed E-state index contributed by atoms with van der Waals surface area (Å²) < 4.78 is 12.2. The van der Waals surface area contributed by atoms with Crippen LogP contribution in [-0.2, 0) is 17.3 Å². The molecule has 0 aromatic heterocycles. The van der Waals surface area contributed by atoms with Crippen molar-refractivity contribution >= 4 is 16.8 Å². The maximum atomic E-state index is 12.2. The van der Waals surface area contributed by atoms with Crippen molar-refractivity contribution in [3.8, 4) is 0 Å². The van der Waals surface area contributed by atoms with E-state index >= 15 is 0 Å². The molecule has 28 heavy (non-hydrogen) atoms. The van der Waals surface area contributed by atoms with Gasteiger partial charge in [-0.25, -0.2) is 0 Å². The second-order valence-corrected chi connectivity index (χ2v) is 10.0. The number of hydrogen-bond acceptors (Lipinski definition) is 3. The first-order chi connectivity index (χ1) is 13.7. The van der Waals surface area contributed by atoms with Gasteiger partial charge in [-0.3, -0.25) is 14.1 Å². The van der Waals surface area contributed by atoms with Crippen molar-refractivity contribution in [2.75, 3.05) is 25.9 Å². The number of aliphatic imine (C=N–C) groups is 1. The molecule has 1 heterocycles. The fraction of sp³-hybridized carbons (Fsp3) is 0.682. The smallest absolute Gasteiger partial charge is 0.191 e. The van der Waals surface area contributed by atoms with Gasteiger partial charge in [0.1, 0.15) is 0 Å². The van der Waals surface area contributed by atoms with E-state index in [1.807, 2.05) is 14.0 Å². The number of likely N-dealkylation sites (tertiary alicyclic amines) is 1. The summed E-state index contributed by atoms with van der Waals surface area (Å²) >= 11 is 0. The minimum Gasteiger partial charge on any atom is -0.355 e. The van der Waals surface area contributed by atoms with Gasteiger partial charge >= 0.3 is 0 Å². The Bertz CT molecular complexity index is 651. The topological polar surface area (TPSA) is 56.7 Å². The summed E-state index contributed by atoms with van der Waals surface area (Å²) in [6.07, 6.45) is 6.88. The molecule has 0 bridgehead atoms. The maximum absolute atomic E-state index is 12.2. The van der Waals surface area contributed by atoms with Gasteiger partial charge in [0.2, 0.25) is 0 Å². The Balaban J connectivity index is 1.47. The number of nitrogens with one attached hydrogen (secondary N) is 2. The molecule has 0 amide bonds. The zero-order chi connectivity index (χ0) is 19.8. The Hall–Kier alpha value is -1.40. The molecule has 0 spiro atoms. The van der Waals surface area contributed by atoms with E-state index < -0.39 is 10.8 Å². The fourth-order valence-electron chi connectivity index (χ4n) is 4.51. The van der Waals surface area contributed by atoms with Gasteiger partial charge in [-0.1, -0.05) is 43.7 Å². The van der Waals surface area contributed by atoms with E-state index in [4.69, 9.17) is 0 Å². The SMILES string of the molecule is CCS(=O)C1CCCC(NC(=NC)NCC2CCCN2Cc2ccccc2)C1. The van der Waals surface area contributed by atoms with Gasteiger partial charge < -0.3 is 10.6 Å². The first kappa shape index (κ1) is 21.3. The van der Waals surface area contributed by atoms with E-state index in [0.29, 0.717) is 17.3 Å². The van der Waals surface area contributed by atoms with E-state index in [1.54, 1.807) is 0 Å². The molecule has 2 N–H and O–H groups in total. The molecule has 156 valence electrons. The van der Waals surface area contributed by atoms with Crippen LogP contribution in [0, 0.1) is 0 Å². The van der Waals surface area contributed by atoms with Crippen LogP contribution < -0.4 is 10.6 Å². The maximum Gasteiger partial charge on any atom is 0.191 e. The van der Waals surface area contributed by atoms with Gasteiger partial charge in [0, 0.05) is 54.0 Å². The molecular weight excluding hydrogens is 368 g/mol. The third kappa shape index (κ3) is 6.05. The van der Waals surface area contributed by atoms with Crippen molar-refractivity contribution in [3.63, 3.8) is 0 Å². The average molecular weight is 405 g/mol. The summed E-state index contributed by atoms with van der Waals surface area (Å²) in [7, 11) is 1.16. The molecule has 1 saturated carbocycles. The molecule has 5 nitrogen and oxygen atoms in total. The molecule has 1 aromatic carbocycles. The Labute approximate surface area is 172 Å². The van der Waals surface area contributed by atoms with Gasteiger partial charge in [-0.2, -0.15) is 0 Å². The van der Waals surface area contributed by atoms with E-state index in [2.05, 4.69) is 50.9 Å². The van der Waals surface area contributed by atoms with Crippen LogP contribution in [0.4, 0.5) is 0 Å². The van der Waals surface area contributed by atoms with Crippen LogP contribution in [0.15, 0.2) is 35.3 Å².